The second-order valence-electron chi connectivity index (χ2n) is 18.5. The van der Waals surface area contributed by atoms with Gasteiger partial charge in [-0.2, -0.15) is 0 Å². The monoisotopic (exact) mass is 987 g/mol. The molecule has 0 amide bonds. The number of fused-ring (bicyclic) bond motifs is 2. The van der Waals surface area contributed by atoms with Crippen molar-refractivity contribution >= 4 is 33.7 Å². The number of aliphatic hydroxyl groups excluding tert-OH is 1. The number of benzene rings is 4. The van der Waals surface area contributed by atoms with Gasteiger partial charge < -0.3 is 58.3 Å². The molecule has 2 fully saturated rings. The predicted molar refractivity (Wildman–Crippen MR) is 275 cm³/mol. The molecule has 0 bridgehead atoms. The van der Waals surface area contributed by atoms with Gasteiger partial charge >= 0.3 is 41.5 Å². The molecule has 2 aliphatic rings. The number of aliphatic hydroxyl groups is 1. The first-order chi connectivity index (χ1) is 33.3. The summed E-state index contributed by atoms with van der Waals surface area (Å²) in [7, 11) is 10.2. The number of aromatic nitrogens is 2. The first-order valence-electron chi connectivity index (χ1n) is 24.1. The fourth-order valence-corrected chi connectivity index (χ4v) is 10.6. The van der Waals surface area contributed by atoms with Crippen molar-refractivity contribution in [2.45, 2.75) is 90.8 Å². The number of aromatic carboxylic acids is 1. The fraction of sp³-hybridized carbons (Fsp3) is 0.464. The van der Waals surface area contributed by atoms with Gasteiger partial charge in [-0.3, -0.25) is 0 Å². The van der Waals surface area contributed by atoms with E-state index in [9.17, 15) is 14.7 Å². The summed E-state index contributed by atoms with van der Waals surface area (Å²) < 4.78 is 32.4. The third-order valence-corrected chi connectivity index (χ3v) is 14.7. The molecule has 14 nitrogen and oxygen atoms in total. The number of likely N-dealkylation sites (tertiary alicyclic amines) is 2. The maximum Gasteiger partial charge on any atom is 1.00 e. The summed E-state index contributed by atoms with van der Waals surface area (Å²) in [5.74, 6) is 1.52. The molecule has 4 aromatic carbocycles. The van der Waals surface area contributed by atoms with Crippen LogP contribution in [0.15, 0.2) is 97.1 Å². The number of carboxylic acids is 1. The maximum atomic E-state index is 12.6. The number of nitrogens with zero attached hydrogens (tertiary/aromatic N) is 4. The van der Waals surface area contributed by atoms with Crippen molar-refractivity contribution < 1.29 is 78.5 Å². The zero-order valence-electron chi connectivity index (χ0n) is 43.8. The van der Waals surface area contributed by atoms with Gasteiger partial charge in [0, 0.05) is 64.5 Å². The molecule has 0 spiro atoms. The predicted octanol–water partition coefficient (Wildman–Crippen LogP) is 6.81. The summed E-state index contributed by atoms with van der Waals surface area (Å²) in [5.41, 5.74) is 7.30. The summed E-state index contributed by atoms with van der Waals surface area (Å²) >= 11 is 0. The number of carbonyl (C=O) groups is 2. The SMILES string of the molecule is CO.COC(=O)c1c(C)n(C(C)C2CCN(C)C(COCc3ccc(OC)cc3)C2)c2ccccc12.COc1ccc(COCC2CC(C(C)n3c(C)c(C(=O)O)c4ccccc43)CCN2C)cc1.[Na+].[OH-]. The Labute approximate surface area is 442 Å². The molecule has 380 valence electrons. The van der Waals surface area contributed by atoms with E-state index in [0.29, 0.717) is 61.5 Å². The van der Waals surface area contributed by atoms with Gasteiger partial charge in [-0.1, -0.05) is 60.7 Å². The van der Waals surface area contributed by atoms with Gasteiger partial charge in [0.2, 0.25) is 0 Å². The number of esters is 1. The average molecular weight is 987 g/mol. The van der Waals surface area contributed by atoms with Crippen LogP contribution in [0.3, 0.4) is 0 Å². The van der Waals surface area contributed by atoms with Crippen LogP contribution in [0, 0.1) is 25.7 Å². The van der Waals surface area contributed by atoms with Crippen molar-refractivity contribution in [1.29, 1.82) is 0 Å². The van der Waals surface area contributed by atoms with Gasteiger partial charge in [-0.05, 0) is 140 Å². The molecule has 6 unspecified atom stereocenters. The van der Waals surface area contributed by atoms with Crippen molar-refractivity contribution in [2.75, 3.05) is 68.8 Å². The number of methoxy groups -OCH3 is 3. The summed E-state index contributed by atoms with van der Waals surface area (Å²) in [4.78, 5) is 29.3. The van der Waals surface area contributed by atoms with Crippen molar-refractivity contribution in [3.8, 4) is 11.5 Å². The molecule has 15 heteroatoms. The number of rotatable bonds is 16. The maximum absolute atomic E-state index is 12.6. The summed E-state index contributed by atoms with van der Waals surface area (Å²) in [5, 5.41) is 18.6. The Morgan fingerprint density at radius 2 is 1.00 bits per heavy atom. The van der Waals surface area contributed by atoms with Crippen molar-refractivity contribution in [1.82, 2.24) is 18.9 Å². The van der Waals surface area contributed by atoms with Gasteiger partial charge in [0.15, 0.2) is 0 Å². The molecular formula is C56H75N4NaO10. The Balaban J connectivity index is 0.000000290. The van der Waals surface area contributed by atoms with Crippen LogP contribution >= 0.6 is 0 Å². The Morgan fingerprint density at radius 1 is 0.620 bits per heavy atom. The van der Waals surface area contributed by atoms with E-state index in [4.69, 9.17) is 28.8 Å². The van der Waals surface area contributed by atoms with Crippen LogP contribution in [0.2, 0.25) is 0 Å². The standard InChI is InChI=1S/C28H36N2O4.C27H34N2O4.CH4O.Na.H2O/c1-19(30-20(2)27(28(31)33-5)25-8-6-7-9-26(25)30)22-14-15-29(3)23(16-22)18-34-17-21-10-12-24(32-4)13-11-21;1-18(29-19(2)26(27(30)31)24-7-5-6-8-25(24)29)21-13-14-28(3)22(15-21)17-33-16-20-9-11-23(32-4)12-10-20;1-2;;/h6-13,19,22-23H,14-18H2,1-5H3;5-12,18,21-22H,13-17H2,1-4H3,(H,30,31);2H,1H3;;1H2/q;;;+1;/p-1. The number of likely N-dealkylation sites (N-methyl/N-ethyl adjacent to an activating group) is 2. The largest absolute Gasteiger partial charge is 1.00 e. The Hall–Kier alpha value is -4.74. The number of ether oxygens (including phenoxy) is 5. The molecule has 3 N–H and O–H groups in total. The molecule has 6 aromatic rings. The minimum atomic E-state index is -0.858. The number of hydrogen-bond donors (Lipinski definition) is 2. The molecule has 2 aromatic heterocycles. The van der Waals surface area contributed by atoms with Crippen LogP contribution < -0.4 is 39.0 Å². The summed E-state index contributed by atoms with van der Waals surface area (Å²) in [6, 6.07) is 33.2. The smallest absolute Gasteiger partial charge is 0.870 e. The number of carbonyl (C=O) groups excluding carboxylic acids is 1. The fourth-order valence-electron chi connectivity index (χ4n) is 10.6. The normalized spacial score (nSPS) is 18.9. The second kappa shape index (κ2) is 27.9. The number of carboxylic acid groups (broad SMARTS) is 1. The zero-order chi connectivity index (χ0) is 49.8. The van der Waals surface area contributed by atoms with E-state index >= 15 is 0 Å². The van der Waals surface area contributed by atoms with E-state index in [1.54, 1.807) is 14.2 Å². The first-order valence-corrected chi connectivity index (χ1v) is 24.1. The van der Waals surface area contributed by atoms with Gasteiger partial charge in [-0.25, -0.2) is 9.59 Å². The Kier molecular flexibility index (Phi) is 23.1. The van der Waals surface area contributed by atoms with Crippen LogP contribution in [-0.2, 0) is 27.4 Å². The van der Waals surface area contributed by atoms with Crippen LogP contribution in [0.25, 0.3) is 21.8 Å². The topological polar surface area (TPSA) is 167 Å². The van der Waals surface area contributed by atoms with Crippen molar-refractivity contribution in [2.24, 2.45) is 11.8 Å². The van der Waals surface area contributed by atoms with Gasteiger partial charge in [-0.15, -0.1) is 0 Å². The van der Waals surface area contributed by atoms with Crippen molar-refractivity contribution in [3.63, 3.8) is 0 Å². The number of para-hydroxylation sites is 2. The van der Waals surface area contributed by atoms with E-state index < -0.39 is 5.97 Å². The molecular weight excluding hydrogens is 912 g/mol. The molecule has 2 aliphatic heterocycles. The molecule has 4 heterocycles. The minimum Gasteiger partial charge on any atom is -0.870 e. The quantitative estimate of drug-likeness (QED) is 0.0770. The van der Waals surface area contributed by atoms with Gasteiger partial charge in [0.05, 0.1) is 58.9 Å². The van der Waals surface area contributed by atoms with Crippen LogP contribution in [-0.4, -0.2) is 127 Å². The minimum absolute atomic E-state index is 0. The number of piperidine rings is 2. The molecule has 0 radical (unpaired) electrons. The molecule has 8 rings (SSSR count). The van der Waals surface area contributed by atoms with Gasteiger partial charge in [0.1, 0.15) is 11.5 Å². The summed E-state index contributed by atoms with van der Waals surface area (Å²) in [6.07, 6.45) is 4.28. The van der Waals surface area contributed by atoms with E-state index in [-0.39, 0.29) is 53.1 Å². The molecule has 6 atom stereocenters. The van der Waals surface area contributed by atoms with Gasteiger partial charge in [0.25, 0.3) is 0 Å². The second-order valence-corrected chi connectivity index (χ2v) is 18.5. The number of hydrogen-bond acceptors (Lipinski definition) is 11. The Morgan fingerprint density at radius 3 is 1.38 bits per heavy atom. The first kappa shape index (κ1) is 58.8. The Bertz CT molecular complexity index is 2600. The molecule has 71 heavy (non-hydrogen) atoms. The zero-order valence-corrected chi connectivity index (χ0v) is 45.8. The third kappa shape index (κ3) is 13.9. The van der Waals surface area contributed by atoms with E-state index in [1.807, 2.05) is 105 Å². The molecule has 2 saturated heterocycles. The molecule has 0 saturated carbocycles. The van der Waals surface area contributed by atoms with Crippen LogP contribution in [0.5, 0.6) is 11.5 Å². The van der Waals surface area contributed by atoms with Crippen LogP contribution in [0.1, 0.15) is 94.8 Å². The van der Waals surface area contributed by atoms with E-state index in [0.717, 1.165) is 102 Å². The van der Waals surface area contributed by atoms with E-state index in [2.05, 4.69) is 52.9 Å². The van der Waals surface area contributed by atoms with Crippen LogP contribution in [0.4, 0.5) is 0 Å². The third-order valence-electron chi connectivity index (χ3n) is 14.7. The average Bonchev–Trinajstić information content (AvgIpc) is 3.85. The van der Waals surface area contributed by atoms with Crippen molar-refractivity contribution in [3.05, 3.63) is 131 Å². The summed E-state index contributed by atoms with van der Waals surface area (Å²) in [6.45, 7) is 13.1. The molecule has 0 aliphatic carbocycles. The van der Waals surface area contributed by atoms with E-state index in [1.165, 1.54) is 7.11 Å².